The van der Waals surface area contributed by atoms with E-state index >= 15 is 0 Å². The minimum Gasteiger partial charge on any atom is -0.478 e. The Morgan fingerprint density at radius 3 is 2.50 bits per heavy atom. The van der Waals surface area contributed by atoms with Gasteiger partial charge < -0.3 is 10.0 Å². The van der Waals surface area contributed by atoms with E-state index in [2.05, 4.69) is 18.7 Å². The zero-order valence-electron chi connectivity index (χ0n) is 9.68. The van der Waals surface area contributed by atoms with Crippen molar-refractivity contribution in [3.05, 3.63) is 29.8 Å². The number of carbonyl (C=O) groups is 1. The molecule has 16 heavy (non-hydrogen) atoms. The van der Waals surface area contributed by atoms with Crippen LogP contribution in [0.3, 0.4) is 0 Å². The van der Waals surface area contributed by atoms with Crippen molar-refractivity contribution < 1.29 is 9.90 Å². The molecule has 0 amide bonds. The van der Waals surface area contributed by atoms with Gasteiger partial charge >= 0.3 is 5.97 Å². The molecular formula is C13H17NO2. The van der Waals surface area contributed by atoms with Gasteiger partial charge in [0.05, 0.1) is 5.56 Å². The third kappa shape index (κ3) is 1.90. The summed E-state index contributed by atoms with van der Waals surface area (Å²) in [5.41, 5.74) is 1.39. The smallest absolute Gasteiger partial charge is 0.335 e. The summed E-state index contributed by atoms with van der Waals surface area (Å²) < 4.78 is 0. The molecule has 1 N–H and O–H groups in total. The van der Waals surface area contributed by atoms with Gasteiger partial charge in [-0.2, -0.15) is 0 Å². The van der Waals surface area contributed by atoms with E-state index in [1.165, 1.54) is 12.8 Å². The maximum Gasteiger partial charge on any atom is 0.335 e. The van der Waals surface area contributed by atoms with Crippen LogP contribution >= 0.6 is 0 Å². The van der Waals surface area contributed by atoms with Crippen molar-refractivity contribution in [2.24, 2.45) is 0 Å². The van der Waals surface area contributed by atoms with Crippen LogP contribution in [0.5, 0.6) is 0 Å². The van der Waals surface area contributed by atoms with Gasteiger partial charge in [-0.1, -0.05) is 6.07 Å². The first kappa shape index (κ1) is 11.0. The third-order valence-electron chi connectivity index (χ3n) is 3.34. The van der Waals surface area contributed by atoms with Crippen LogP contribution in [-0.4, -0.2) is 23.2 Å². The Kier molecular flexibility index (Phi) is 2.86. The van der Waals surface area contributed by atoms with E-state index in [9.17, 15) is 4.79 Å². The number of benzene rings is 1. The van der Waals surface area contributed by atoms with Crippen LogP contribution in [0.4, 0.5) is 5.69 Å². The summed E-state index contributed by atoms with van der Waals surface area (Å²) in [5.74, 6) is -0.860. The molecule has 1 aliphatic rings. The molecule has 1 aromatic rings. The Balaban J connectivity index is 2.32. The lowest BCUT2D eigenvalue weighted by molar-refractivity contribution is 0.0697. The van der Waals surface area contributed by atoms with Crippen LogP contribution in [0.1, 0.15) is 37.0 Å². The molecule has 0 aliphatic carbocycles. The van der Waals surface area contributed by atoms with Crippen molar-refractivity contribution in [1.82, 2.24) is 0 Å². The summed E-state index contributed by atoms with van der Waals surface area (Å²) in [6.45, 7) is 4.38. The van der Waals surface area contributed by atoms with E-state index in [4.69, 9.17) is 5.11 Å². The molecule has 0 saturated carbocycles. The molecular weight excluding hydrogens is 202 g/mol. The van der Waals surface area contributed by atoms with Crippen molar-refractivity contribution in [3.8, 4) is 0 Å². The van der Waals surface area contributed by atoms with E-state index in [-0.39, 0.29) is 0 Å². The van der Waals surface area contributed by atoms with Crippen molar-refractivity contribution in [3.63, 3.8) is 0 Å². The number of hydrogen-bond acceptors (Lipinski definition) is 2. The molecule has 3 nitrogen and oxygen atoms in total. The van der Waals surface area contributed by atoms with Crippen LogP contribution in [-0.2, 0) is 0 Å². The number of carboxylic acid groups (broad SMARTS) is 1. The predicted molar refractivity (Wildman–Crippen MR) is 64.0 cm³/mol. The van der Waals surface area contributed by atoms with Crippen molar-refractivity contribution in [1.29, 1.82) is 0 Å². The van der Waals surface area contributed by atoms with Gasteiger partial charge in [0, 0.05) is 17.8 Å². The third-order valence-corrected chi connectivity index (χ3v) is 3.34. The summed E-state index contributed by atoms with van der Waals surface area (Å²) >= 11 is 0. The second-order valence-electron chi connectivity index (χ2n) is 4.54. The maximum absolute atomic E-state index is 10.9. The highest BCUT2D eigenvalue weighted by Crippen LogP contribution is 2.30. The van der Waals surface area contributed by atoms with Crippen LogP contribution in [0.25, 0.3) is 0 Å². The average molecular weight is 219 g/mol. The van der Waals surface area contributed by atoms with Gasteiger partial charge in [0.1, 0.15) is 0 Å². The lowest BCUT2D eigenvalue weighted by atomic mass is 10.1. The van der Waals surface area contributed by atoms with Crippen LogP contribution < -0.4 is 4.90 Å². The van der Waals surface area contributed by atoms with Crippen molar-refractivity contribution >= 4 is 11.7 Å². The van der Waals surface area contributed by atoms with Crippen LogP contribution in [0.2, 0.25) is 0 Å². The van der Waals surface area contributed by atoms with E-state index in [1.807, 2.05) is 12.1 Å². The second-order valence-corrected chi connectivity index (χ2v) is 4.54. The largest absolute Gasteiger partial charge is 0.478 e. The van der Waals surface area contributed by atoms with Gasteiger partial charge in [0.15, 0.2) is 0 Å². The first-order valence-corrected chi connectivity index (χ1v) is 5.71. The first-order valence-electron chi connectivity index (χ1n) is 5.71. The van der Waals surface area contributed by atoms with Gasteiger partial charge in [-0.3, -0.25) is 0 Å². The quantitative estimate of drug-likeness (QED) is 0.831. The van der Waals surface area contributed by atoms with Crippen molar-refractivity contribution in [2.75, 3.05) is 4.90 Å². The molecule has 1 aliphatic heterocycles. The number of aromatic carboxylic acids is 1. The average Bonchev–Trinajstić information content (AvgIpc) is 2.59. The maximum atomic E-state index is 10.9. The van der Waals surface area contributed by atoms with Crippen LogP contribution in [0, 0.1) is 0 Å². The van der Waals surface area contributed by atoms with Crippen molar-refractivity contribution in [2.45, 2.75) is 38.8 Å². The lowest BCUT2D eigenvalue weighted by Crippen LogP contribution is -2.32. The lowest BCUT2D eigenvalue weighted by Gasteiger charge is -2.28. The highest BCUT2D eigenvalue weighted by molar-refractivity contribution is 5.88. The fraction of sp³-hybridized carbons (Fsp3) is 0.462. The van der Waals surface area contributed by atoms with Crippen LogP contribution in [0.15, 0.2) is 24.3 Å². The molecule has 0 bridgehead atoms. The molecule has 3 heteroatoms. The highest BCUT2D eigenvalue weighted by Gasteiger charge is 2.27. The van der Waals surface area contributed by atoms with E-state index < -0.39 is 5.97 Å². The molecule has 1 saturated heterocycles. The molecule has 2 atom stereocenters. The molecule has 1 aromatic carbocycles. The van der Waals surface area contributed by atoms with E-state index in [0.717, 1.165) is 5.69 Å². The predicted octanol–water partition coefficient (Wildman–Crippen LogP) is 2.76. The molecule has 0 radical (unpaired) electrons. The topological polar surface area (TPSA) is 40.5 Å². The Bertz CT molecular complexity index is 393. The Morgan fingerprint density at radius 1 is 1.31 bits per heavy atom. The van der Waals surface area contributed by atoms with E-state index in [1.54, 1.807) is 12.1 Å². The fourth-order valence-electron chi connectivity index (χ4n) is 2.50. The molecule has 86 valence electrons. The highest BCUT2D eigenvalue weighted by atomic mass is 16.4. The molecule has 2 rings (SSSR count). The Hall–Kier alpha value is -1.51. The minimum atomic E-state index is -0.860. The second kappa shape index (κ2) is 4.16. The molecule has 1 fully saturated rings. The zero-order chi connectivity index (χ0) is 11.7. The summed E-state index contributed by atoms with van der Waals surface area (Å²) in [7, 11) is 0. The number of rotatable bonds is 2. The number of hydrogen-bond donors (Lipinski definition) is 1. The SMILES string of the molecule is C[C@H]1CC[C@H](C)N1c1cccc(C(=O)O)c1. The molecule has 0 aromatic heterocycles. The number of nitrogens with zero attached hydrogens (tertiary/aromatic N) is 1. The Morgan fingerprint density at radius 2 is 1.94 bits per heavy atom. The molecule has 0 unspecified atom stereocenters. The van der Waals surface area contributed by atoms with E-state index in [0.29, 0.717) is 17.6 Å². The number of anilines is 1. The van der Waals surface area contributed by atoms with Gasteiger partial charge in [-0.15, -0.1) is 0 Å². The minimum absolute atomic E-state index is 0.365. The standard InChI is InChI=1S/C13H17NO2/c1-9-6-7-10(2)14(9)12-5-3-4-11(8-12)13(15)16/h3-5,8-10H,6-7H2,1-2H3,(H,15,16)/t9-,10-/m0/s1. The fourth-order valence-corrected chi connectivity index (χ4v) is 2.50. The zero-order valence-corrected chi connectivity index (χ0v) is 9.68. The van der Waals surface area contributed by atoms with Gasteiger partial charge in [0.25, 0.3) is 0 Å². The first-order chi connectivity index (χ1) is 7.59. The monoisotopic (exact) mass is 219 g/mol. The summed E-state index contributed by atoms with van der Waals surface area (Å²) in [4.78, 5) is 13.2. The van der Waals surface area contributed by atoms with Gasteiger partial charge in [-0.05, 0) is 44.9 Å². The molecule has 1 heterocycles. The van der Waals surface area contributed by atoms with Gasteiger partial charge in [-0.25, -0.2) is 4.79 Å². The van der Waals surface area contributed by atoms with Gasteiger partial charge in [0.2, 0.25) is 0 Å². The summed E-state index contributed by atoms with van der Waals surface area (Å²) in [5, 5.41) is 8.97. The summed E-state index contributed by atoms with van der Waals surface area (Å²) in [6, 6.07) is 8.21. The normalized spacial score (nSPS) is 24.8. The summed E-state index contributed by atoms with van der Waals surface area (Å²) in [6.07, 6.45) is 2.36. The Labute approximate surface area is 95.7 Å². The molecule has 0 spiro atoms. The number of carboxylic acids is 1.